The van der Waals surface area contributed by atoms with Crippen molar-refractivity contribution in [2.45, 2.75) is 18.6 Å². The summed E-state index contributed by atoms with van der Waals surface area (Å²) in [6, 6.07) is 7.90. The first-order valence-electron chi connectivity index (χ1n) is 7.49. The minimum Gasteiger partial charge on any atom is -0.390 e. The average molecular weight is 327 g/mol. The van der Waals surface area contributed by atoms with Crippen LogP contribution in [-0.4, -0.2) is 45.6 Å². The number of anilines is 1. The number of imide groups is 1. The van der Waals surface area contributed by atoms with Gasteiger partial charge in [0, 0.05) is 18.0 Å². The molecule has 122 valence electrons. The minimum atomic E-state index is -0.879. The normalized spacial score (nSPS) is 23.2. The number of amides is 3. The molecule has 3 amide bonds. The van der Waals surface area contributed by atoms with Gasteiger partial charge >= 0.3 is 6.03 Å². The molecule has 0 radical (unpaired) electrons. The molecule has 1 N–H and O–H groups in total. The Morgan fingerprint density at radius 3 is 2.50 bits per heavy atom. The van der Waals surface area contributed by atoms with E-state index in [4.69, 9.17) is 0 Å². The molecule has 2 aromatic rings. The van der Waals surface area contributed by atoms with Crippen molar-refractivity contribution < 1.29 is 19.6 Å². The Labute approximate surface area is 136 Å². The van der Waals surface area contributed by atoms with Crippen LogP contribution in [0.5, 0.6) is 0 Å². The number of hydrogen-bond acceptors (Lipinski definition) is 5. The fourth-order valence-electron chi connectivity index (χ4n) is 3.49. The average Bonchev–Trinajstić information content (AvgIpc) is 3.06. The molecule has 2 aromatic carbocycles. The van der Waals surface area contributed by atoms with Crippen molar-refractivity contribution in [3.8, 4) is 0 Å². The van der Waals surface area contributed by atoms with E-state index < -0.39 is 29.0 Å². The Kier molecular flexibility index (Phi) is 3.04. The van der Waals surface area contributed by atoms with E-state index in [2.05, 4.69) is 0 Å². The Hall–Kier alpha value is -3.00. The van der Waals surface area contributed by atoms with Crippen molar-refractivity contribution in [2.24, 2.45) is 0 Å². The second kappa shape index (κ2) is 5.00. The highest BCUT2D eigenvalue weighted by Gasteiger charge is 2.52. The van der Waals surface area contributed by atoms with Crippen molar-refractivity contribution in [3.05, 3.63) is 46.5 Å². The molecule has 2 atom stereocenters. The van der Waals surface area contributed by atoms with Gasteiger partial charge in [-0.25, -0.2) is 9.69 Å². The number of non-ortho nitro benzene ring substituents is 1. The zero-order valence-corrected chi connectivity index (χ0v) is 12.5. The number of benzene rings is 2. The van der Waals surface area contributed by atoms with Crippen LogP contribution in [-0.2, 0) is 4.79 Å². The number of aliphatic hydroxyl groups is 1. The molecule has 2 heterocycles. The van der Waals surface area contributed by atoms with Crippen LogP contribution in [0.15, 0.2) is 36.4 Å². The second-order valence-corrected chi connectivity index (χ2v) is 5.86. The molecule has 24 heavy (non-hydrogen) atoms. The first kappa shape index (κ1) is 14.6. The number of carbonyl (C=O) groups excluding carboxylic acids is 2. The molecular formula is C16H13N3O5. The molecule has 4 rings (SSSR count). The van der Waals surface area contributed by atoms with Gasteiger partial charge in [-0.05, 0) is 18.6 Å². The SMILES string of the molecule is O=C1[C@H]2[C@@H](O)CCN2C(=O)N1c1ccc([N+](=O)[O-])c2ccccc12. The van der Waals surface area contributed by atoms with E-state index in [1.807, 2.05) is 0 Å². The van der Waals surface area contributed by atoms with E-state index in [1.54, 1.807) is 24.3 Å². The van der Waals surface area contributed by atoms with Gasteiger partial charge in [-0.1, -0.05) is 18.2 Å². The van der Waals surface area contributed by atoms with E-state index in [9.17, 15) is 24.8 Å². The molecule has 0 spiro atoms. The molecule has 8 nitrogen and oxygen atoms in total. The van der Waals surface area contributed by atoms with Gasteiger partial charge in [0.2, 0.25) is 0 Å². The van der Waals surface area contributed by atoms with Crippen molar-refractivity contribution in [3.63, 3.8) is 0 Å². The lowest BCUT2D eigenvalue weighted by molar-refractivity contribution is -0.383. The number of urea groups is 1. The Morgan fingerprint density at radius 1 is 1.12 bits per heavy atom. The predicted molar refractivity (Wildman–Crippen MR) is 84.6 cm³/mol. The highest BCUT2D eigenvalue weighted by atomic mass is 16.6. The van der Waals surface area contributed by atoms with E-state index in [1.165, 1.54) is 17.0 Å². The number of hydrogen-bond donors (Lipinski definition) is 1. The third-order valence-corrected chi connectivity index (χ3v) is 4.59. The smallest absolute Gasteiger partial charge is 0.332 e. The lowest BCUT2D eigenvalue weighted by Gasteiger charge is -2.17. The maximum Gasteiger partial charge on any atom is 0.332 e. The number of nitrogens with zero attached hydrogens (tertiary/aromatic N) is 3. The van der Waals surface area contributed by atoms with Crippen LogP contribution in [0.2, 0.25) is 0 Å². The lowest BCUT2D eigenvalue weighted by Crippen LogP contribution is -2.36. The molecule has 2 aliphatic rings. The van der Waals surface area contributed by atoms with E-state index in [0.29, 0.717) is 29.4 Å². The maximum absolute atomic E-state index is 12.6. The van der Waals surface area contributed by atoms with Crippen LogP contribution in [0.4, 0.5) is 16.2 Å². The predicted octanol–water partition coefficient (Wildman–Crippen LogP) is 1.65. The van der Waals surface area contributed by atoms with E-state index in [0.717, 1.165) is 4.90 Å². The minimum absolute atomic E-state index is 0.0889. The second-order valence-electron chi connectivity index (χ2n) is 5.86. The van der Waals surface area contributed by atoms with Crippen molar-refractivity contribution in [2.75, 3.05) is 11.4 Å². The van der Waals surface area contributed by atoms with Gasteiger partial charge in [-0.15, -0.1) is 0 Å². The van der Waals surface area contributed by atoms with Gasteiger partial charge in [0.15, 0.2) is 0 Å². The number of rotatable bonds is 2. The summed E-state index contributed by atoms with van der Waals surface area (Å²) in [6.07, 6.45) is -0.507. The van der Waals surface area contributed by atoms with Crippen molar-refractivity contribution in [1.29, 1.82) is 0 Å². The topological polar surface area (TPSA) is 104 Å². The number of carbonyl (C=O) groups is 2. The molecule has 0 bridgehead atoms. The summed E-state index contributed by atoms with van der Waals surface area (Å²) in [4.78, 5) is 38.3. The fourth-order valence-corrected chi connectivity index (χ4v) is 3.49. The monoisotopic (exact) mass is 327 g/mol. The first-order chi connectivity index (χ1) is 11.5. The van der Waals surface area contributed by atoms with Gasteiger partial charge in [0.1, 0.15) is 6.04 Å². The molecule has 0 aliphatic carbocycles. The number of nitro groups is 1. The molecule has 2 fully saturated rings. The van der Waals surface area contributed by atoms with E-state index in [-0.39, 0.29) is 5.69 Å². The molecule has 8 heteroatoms. The van der Waals surface area contributed by atoms with Crippen LogP contribution < -0.4 is 4.90 Å². The number of nitro benzene ring substituents is 1. The first-order valence-corrected chi connectivity index (χ1v) is 7.49. The summed E-state index contributed by atoms with van der Waals surface area (Å²) < 4.78 is 0. The number of fused-ring (bicyclic) bond motifs is 2. The van der Waals surface area contributed by atoms with Gasteiger partial charge < -0.3 is 10.0 Å². The van der Waals surface area contributed by atoms with Gasteiger partial charge in [-0.2, -0.15) is 0 Å². The zero-order chi connectivity index (χ0) is 17.0. The van der Waals surface area contributed by atoms with Crippen LogP contribution in [0.3, 0.4) is 0 Å². The van der Waals surface area contributed by atoms with Gasteiger partial charge in [0.05, 0.1) is 22.1 Å². The summed E-state index contributed by atoms with van der Waals surface area (Å²) in [5, 5.41) is 22.0. The Morgan fingerprint density at radius 2 is 1.83 bits per heavy atom. The van der Waals surface area contributed by atoms with Gasteiger partial charge in [0.25, 0.3) is 11.6 Å². The summed E-state index contributed by atoms with van der Waals surface area (Å²) in [7, 11) is 0. The molecule has 0 aromatic heterocycles. The Bertz CT molecular complexity index is 896. The van der Waals surface area contributed by atoms with Crippen LogP contribution in [0, 0.1) is 10.1 Å². The third-order valence-electron chi connectivity index (χ3n) is 4.59. The molecule has 2 aliphatic heterocycles. The zero-order valence-electron chi connectivity index (χ0n) is 12.5. The largest absolute Gasteiger partial charge is 0.390 e. The summed E-state index contributed by atoms with van der Waals surface area (Å²) in [5.74, 6) is -0.496. The molecule has 0 saturated carbocycles. The summed E-state index contributed by atoms with van der Waals surface area (Å²) in [6.45, 7) is 0.317. The summed E-state index contributed by atoms with van der Waals surface area (Å²) >= 11 is 0. The van der Waals surface area contributed by atoms with Crippen LogP contribution in [0.25, 0.3) is 10.8 Å². The van der Waals surface area contributed by atoms with Gasteiger partial charge in [-0.3, -0.25) is 14.9 Å². The van der Waals surface area contributed by atoms with Crippen LogP contribution >= 0.6 is 0 Å². The van der Waals surface area contributed by atoms with E-state index >= 15 is 0 Å². The van der Waals surface area contributed by atoms with Crippen LogP contribution in [0.1, 0.15) is 6.42 Å². The standard InChI is InChI=1S/C16H13N3O5/c20-13-7-8-17-14(13)15(21)18(16(17)22)11-5-6-12(19(23)24)10-4-2-1-3-9(10)11/h1-6,13-14,20H,7-8H2/t13-,14+/m0/s1. The molecular weight excluding hydrogens is 314 g/mol. The highest BCUT2D eigenvalue weighted by molar-refractivity contribution is 6.25. The highest BCUT2D eigenvalue weighted by Crippen LogP contribution is 2.38. The number of aliphatic hydroxyl groups excluding tert-OH is 1. The van der Waals surface area contributed by atoms with Crippen molar-refractivity contribution >= 4 is 34.1 Å². The third kappa shape index (κ3) is 1.83. The lowest BCUT2D eigenvalue weighted by atomic mass is 10.1. The molecule has 2 saturated heterocycles. The maximum atomic E-state index is 12.6. The van der Waals surface area contributed by atoms with Crippen molar-refractivity contribution in [1.82, 2.24) is 4.90 Å². The molecule has 0 unspecified atom stereocenters. The Balaban J connectivity index is 1.89. The summed E-state index contributed by atoms with van der Waals surface area (Å²) in [5.41, 5.74) is 0.210. The quantitative estimate of drug-likeness (QED) is 0.513. The fraction of sp³-hybridized carbons (Fsp3) is 0.250.